The number of carbonyl (C=O) groups excluding carboxylic acids is 2. The Morgan fingerprint density at radius 2 is 2.00 bits per heavy atom. The Labute approximate surface area is 177 Å². The van der Waals surface area contributed by atoms with Gasteiger partial charge in [0.15, 0.2) is 5.82 Å². The van der Waals surface area contributed by atoms with Gasteiger partial charge in [0.1, 0.15) is 11.4 Å². The molecule has 2 amide bonds. The highest BCUT2D eigenvalue weighted by Gasteiger charge is 2.30. The van der Waals surface area contributed by atoms with Crippen LogP contribution in [0.2, 0.25) is 0 Å². The van der Waals surface area contributed by atoms with Crippen molar-refractivity contribution in [2.75, 3.05) is 20.1 Å². The first kappa shape index (κ1) is 20.5. The van der Waals surface area contributed by atoms with Gasteiger partial charge >= 0.3 is 0 Å². The van der Waals surface area contributed by atoms with Gasteiger partial charge in [-0.3, -0.25) is 19.0 Å². The van der Waals surface area contributed by atoms with Crippen molar-refractivity contribution < 1.29 is 14.0 Å². The lowest BCUT2D eigenvalue weighted by molar-refractivity contribution is 0.0722. The van der Waals surface area contributed by atoms with E-state index in [1.165, 1.54) is 39.9 Å². The van der Waals surface area contributed by atoms with Crippen molar-refractivity contribution >= 4 is 11.8 Å². The van der Waals surface area contributed by atoms with Crippen LogP contribution in [0.3, 0.4) is 0 Å². The molecule has 160 valence electrons. The maximum Gasteiger partial charge on any atom is 0.289 e. The fraction of sp³-hybridized carbons (Fsp3) is 0.273. The van der Waals surface area contributed by atoms with E-state index in [1.807, 2.05) is 6.92 Å². The Hall–Kier alpha value is -3.75. The molecule has 8 nitrogen and oxygen atoms in total. The highest BCUT2D eigenvalue weighted by Crippen LogP contribution is 2.24. The van der Waals surface area contributed by atoms with Crippen molar-refractivity contribution in [3.05, 3.63) is 81.5 Å². The third-order valence-electron chi connectivity index (χ3n) is 5.53. The summed E-state index contributed by atoms with van der Waals surface area (Å²) in [5.74, 6) is -0.816. The van der Waals surface area contributed by atoms with Gasteiger partial charge in [-0.25, -0.2) is 9.37 Å². The number of imidazole rings is 1. The lowest BCUT2D eigenvalue weighted by Crippen LogP contribution is -2.41. The van der Waals surface area contributed by atoms with Crippen LogP contribution in [0.15, 0.2) is 47.7 Å². The number of amides is 2. The Morgan fingerprint density at radius 3 is 2.65 bits per heavy atom. The normalized spacial score (nSPS) is 13.1. The molecule has 0 bridgehead atoms. The number of nitrogens with one attached hydrogen (secondary N) is 1. The second-order valence-corrected chi connectivity index (χ2v) is 7.39. The first-order valence-electron chi connectivity index (χ1n) is 9.98. The number of rotatable bonds is 4. The van der Waals surface area contributed by atoms with Gasteiger partial charge in [-0.2, -0.15) is 0 Å². The fourth-order valence-electron chi connectivity index (χ4n) is 3.71. The number of hydrogen-bond acceptors (Lipinski definition) is 4. The fourth-order valence-corrected chi connectivity index (χ4v) is 3.71. The molecule has 0 aliphatic carbocycles. The molecule has 31 heavy (non-hydrogen) atoms. The molecule has 1 aromatic carbocycles. The average molecular weight is 423 g/mol. The van der Waals surface area contributed by atoms with E-state index in [1.54, 1.807) is 24.3 Å². The van der Waals surface area contributed by atoms with Crippen molar-refractivity contribution in [1.82, 2.24) is 24.3 Å². The maximum absolute atomic E-state index is 13.4. The van der Waals surface area contributed by atoms with Crippen LogP contribution in [0.4, 0.5) is 4.39 Å². The van der Waals surface area contributed by atoms with Crippen molar-refractivity contribution in [1.29, 1.82) is 0 Å². The van der Waals surface area contributed by atoms with Crippen LogP contribution < -0.4 is 5.56 Å². The topological polar surface area (TPSA) is 91.3 Å². The Balaban J connectivity index is 1.83. The highest BCUT2D eigenvalue weighted by atomic mass is 19.1. The number of fused-ring (bicyclic) bond motifs is 1. The summed E-state index contributed by atoms with van der Waals surface area (Å²) in [6.45, 7) is 2.87. The Morgan fingerprint density at radius 1 is 1.26 bits per heavy atom. The molecule has 1 aliphatic heterocycles. The van der Waals surface area contributed by atoms with E-state index in [0.717, 1.165) is 0 Å². The summed E-state index contributed by atoms with van der Waals surface area (Å²) in [5, 5.41) is 0. The van der Waals surface area contributed by atoms with Crippen molar-refractivity contribution in [3.63, 3.8) is 0 Å². The van der Waals surface area contributed by atoms with Crippen LogP contribution in [-0.2, 0) is 13.0 Å². The monoisotopic (exact) mass is 423 g/mol. The van der Waals surface area contributed by atoms with Crippen molar-refractivity contribution in [2.45, 2.75) is 19.9 Å². The predicted molar refractivity (Wildman–Crippen MR) is 112 cm³/mol. The van der Waals surface area contributed by atoms with Gasteiger partial charge in [-0.15, -0.1) is 0 Å². The van der Waals surface area contributed by atoms with Crippen molar-refractivity contribution in [2.24, 2.45) is 0 Å². The lowest BCUT2D eigenvalue weighted by atomic mass is 9.95. The van der Waals surface area contributed by atoms with E-state index in [9.17, 15) is 18.8 Å². The number of carbonyl (C=O) groups is 2. The summed E-state index contributed by atoms with van der Waals surface area (Å²) in [7, 11) is 1.64. The zero-order valence-corrected chi connectivity index (χ0v) is 17.3. The molecule has 9 heteroatoms. The largest absolute Gasteiger partial charge is 0.342 e. The third kappa shape index (κ3) is 3.74. The number of benzene rings is 1. The number of hydrogen-bond donors (Lipinski definition) is 1. The molecule has 0 spiro atoms. The van der Waals surface area contributed by atoms with Crippen LogP contribution in [0.25, 0.3) is 5.69 Å². The van der Waals surface area contributed by atoms with Gasteiger partial charge in [0.2, 0.25) is 0 Å². The van der Waals surface area contributed by atoms with E-state index >= 15 is 0 Å². The van der Waals surface area contributed by atoms with E-state index in [0.29, 0.717) is 36.3 Å². The van der Waals surface area contributed by atoms with E-state index in [4.69, 9.17) is 0 Å². The quantitative estimate of drug-likeness (QED) is 0.695. The molecule has 2 aromatic heterocycles. The van der Waals surface area contributed by atoms with Gasteiger partial charge in [-0.05, 0) is 48.7 Å². The summed E-state index contributed by atoms with van der Waals surface area (Å²) in [6.07, 6.45) is 5.10. The summed E-state index contributed by atoms with van der Waals surface area (Å²) in [6, 6.07) is 5.48. The molecule has 0 saturated heterocycles. The summed E-state index contributed by atoms with van der Waals surface area (Å²) in [4.78, 5) is 49.1. The van der Waals surface area contributed by atoms with Gasteiger partial charge in [0.25, 0.3) is 17.4 Å². The van der Waals surface area contributed by atoms with E-state index in [-0.39, 0.29) is 29.7 Å². The second-order valence-electron chi connectivity index (χ2n) is 7.39. The minimum absolute atomic E-state index is 0.0938. The van der Waals surface area contributed by atoms with E-state index < -0.39 is 11.4 Å². The SMILES string of the molecule is CCN(C)C(=O)c1c2c(cn(-c3ccc(F)cc3)c1=O)CN(C(=O)c1ncc[nH]1)CC2. The summed E-state index contributed by atoms with van der Waals surface area (Å²) in [5.41, 5.74) is 1.43. The molecular weight excluding hydrogens is 401 g/mol. The van der Waals surface area contributed by atoms with Crippen LogP contribution in [0.5, 0.6) is 0 Å². The average Bonchev–Trinajstić information content (AvgIpc) is 3.32. The zero-order valence-electron chi connectivity index (χ0n) is 17.3. The molecule has 3 heterocycles. The Kier molecular flexibility index (Phi) is 5.41. The third-order valence-corrected chi connectivity index (χ3v) is 5.53. The van der Waals surface area contributed by atoms with Gasteiger partial charge in [0.05, 0.1) is 0 Å². The van der Waals surface area contributed by atoms with Crippen LogP contribution >= 0.6 is 0 Å². The molecule has 0 saturated carbocycles. The van der Waals surface area contributed by atoms with Crippen LogP contribution in [0.1, 0.15) is 39.0 Å². The molecule has 1 aliphatic rings. The van der Waals surface area contributed by atoms with Gasteiger partial charge in [-0.1, -0.05) is 0 Å². The minimum atomic E-state index is -0.457. The summed E-state index contributed by atoms with van der Waals surface area (Å²) < 4.78 is 14.8. The molecule has 0 fully saturated rings. The molecule has 1 N–H and O–H groups in total. The maximum atomic E-state index is 13.4. The molecular formula is C22H22FN5O3. The number of nitrogens with zero attached hydrogens (tertiary/aromatic N) is 4. The van der Waals surface area contributed by atoms with Crippen molar-refractivity contribution in [3.8, 4) is 5.69 Å². The zero-order chi connectivity index (χ0) is 22.1. The van der Waals surface area contributed by atoms with Crippen LogP contribution in [0, 0.1) is 5.82 Å². The predicted octanol–water partition coefficient (Wildman–Crippen LogP) is 1.99. The number of pyridine rings is 1. The lowest BCUT2D eigenvalue weighted by Gasteiger charge is -2.30. The minimum Gasteiger partial charge on any atom is -0.342 e. The number of halogens is 1. The number of H-pyrrole nitrogens is 1. The van der Waals surface area contributed by atoms with Crippen LogP contribution in [-0.4, -0.2) is 56.3 Å². The first-order chi connectivity index (χ1) is 14.9. The molecule has 0 unspecified atom stereocenters. The molecule has 0 radical (unpaired) electrons. The first-order valence-corrected chi connectivity index (χ1v) is 9.98. The standard InChI is InChI=1S/C22H22FN5O3/c1-3-26(2)20(29)18-17-8-11-27(22(31)19-24-9-10-25-19)12-14(17)13-28(21(18)30)16-6-4-15(23)5-7-16/h4-7,9-10,13H,3,8,11-12H2,1-2H3,(H,24,25). The molecule has 0 atom stereocenters. The Bertz CT molecular complexity index is 1190. The molecule has 4 rings (SSSR count). The smallest absolute Gasteiger partial charge is 0.289 e. The second kappa shape index (κ2) is 8.17. The molecule has 3 aromatic rings. The van der Waals surface area contributed by atoms with E-state index in [2.05, 4.69) is 9.97 Å². The number of aromatic nitrogens is 3. The van der Waals surface area contributed by atoms with Gasteiger partial charge < -0.3 is 14.8 Å². The summed E-state index contributed by atoms with van der Waals surface area (Å²) >= 11 is 0. The van der Waals surface area contributed by atoms with Gasteiger partial charge in [0, 0.05) is 51.0 Å². The number of aromatic amines is 1. The highest BCUT2D eigenvalue weighted by molar-refractivity contribution is 5.96.